The van der Waals surface area contributed by atoms with Crippen molar-refractivity contribution in [3.8, 4) is 0 Å². The molecule has 0 fully saturated rings. The summed E-state index contributed by atoms with van der Waals surface area (Å²) >= 11 is 0. The first-order valence-corrected chi connectivity index (χ1v) is 4.14. The highest BCUT2D eigenvalue weighted by Gasteiger charge is 1.99. The van der Waals surface area contributed by atoms with Crippen LogP contribution >= 0.6 is 0 Å². The van der Waals surface area contributed by atoms with Crippen molar-refractivity contribution in [3.05, 3.63) is 48.3 Å². The molecule has 0 atom stereocenters. The fraction of sp³-hybridized carbons (Fsp3) is 0.182. The van der Waals surface area contributed by atoms with Crippen LogP contribution in [0.2, 0.25) is 0 Å². The summed E-state index contributed by atoms with van der Waals surface area (Å²) < 4.78 is 0. The van der Waals surface area contributed by atoms with Gasteiger partial charge < -0.3 is 4.90 Å². The van der Waals surface area contributed by atoms with Gasteiger partial charge in [0.15, 0.2) is 0 Å². The molecule has 2 nitrogen and oxygen atoms in total. The Morgan fingerprint density at radius 3 is 2.54 bits per heavy atom. The third-order valence-corrected chi connectivity index (χ3v) is 1.89. The zero-order chi connectivity index (χ0) is 9.68. The van der Waals surface area contributed by atoms with E-state index in [-0.39, 0.29) is 0 Å². The molecule has 0 saturated heterocycles. The molecule has 0 bridgehead atoms. The number of hydrogen-bond acceptors (Lipinski definition) is 2. The number of aliphatic imine (C=N–C) groups is 1. The highest BCUT2D eigenvalue weighted by atomic mass is 15.2. The van der Waals surface area contributed by atoms with E-state index in [1.54, 1.807) is 0 Å². The Bertz CT molecular complexity index is 290. The van der Waals surface area contributed by atoms with E-state index < -0.39 is 0 Å². The minimum atomic E-state index is 0.698. The van der Waals surface area contributed by atoms with Gasteiger partial charge in [-0.15, -0.1) is 0 Å². The molecular weight excluding hydrogens is 160 g/mol. The quantitative estimate of drug-likeness (QED) is 0.639. The minimum Gasteiger partial charge on any atom is -0.356 e. The molecule has 0 spiro atoms. The summed E-state index contributed by atoms with van der Waals surface area (Å²) in [7, 11) is 1.95. The van der Waals surface area contributed by atoms with Crippen LogP contribution in [0.1, 0.15) is 5.56 Å². The second kappa shape index (κ2) is 4.45. The van der Waals surface area contributed by atoms with Crippen molar-refractivity contribution in [2.24, 2.45) is 4.99 Å². The molecule has 1 aromatic carbocycles. The molecule has 0 N–H and O–H groups in total. The fourth-order valence-electron chi connectivity index (χ4n) is 1.07. The zero-order valence-corrected chi connectivity index (χ0v) is 7.90. The molecule has 0 saturated carbocycles. The summed E-state index contributed by atoms with van der Waals surface area (Å²) in [4.78, 5) is 5.73. The Labute approximate surface area is 79.2 Å². The minimum absolute atomic E-state index is 0.698. The monoisotopic (exact) mass is 174 g/mol. The predicted molar refractivity (Wildman–Crippen MR) is 56.6 cm³/mol. The topological polar surface area (TPSA) is 15.6 Å². The smallest absolute Gasteiger partial charge is 0.120 e. The van der Waals surface area contributed by atoms with E-state index in [0.29, 0.717) is 5.82 Å². The van der Waals surface area contributed by atoms with E-state index in [0.717, 1.165) is 6.54 Å². The molecule has 0 aromatic heterocycles. The third kappa shape index (κ3) is 2.75. The van der Waals surface area contributed by atoms with E-state index >= 15 is 0 Å². The summed E-state index contributed by atoms with van der Waals surface area (Å²) in [6.07, 6.45) is 0. The Hall–Kier alpha value is -1.57. The van der Waals surface area contributed by atoms with Gasteiger partial charge in [0, 0.05) is 13.6 Å². The molecule has 0 unspecified atom stereocenters. The summed E-state index contributed by atoms with van der Waals surface area (Å²) in [5.74, 6) is 0.698. The van der Waals surface area contributed by atoms with Crippen LogP contribution in [-0.2, 0) is 6.54 Å². The van der Waals surface area contributed by atoms with Crippen molar-refractivity contribution < 1.29 is 0 Å². The maximum atomic E-state index is 3.77. The molecule has 13 heavy (non-hydrogen) atoms. The molecule has 0 heterocycles. The molecule has 0 amide bonds. The average molecular weight is 174 g/mol. The zero-order valence-electron chi connectivity index (χ0n) is 7.90. The maximum absolute atomic E-state index is 3.77. The first-order chi connectivity index (χ1) is 6.24. The van der Waals surface area contributed by atoms with Gasteiger partial charge in [-0.25, -0.2) is 4.99 Å². The van der Waals surface area contributed by atoms with Crippen LogP contribution < -0.4 is 0 Å². The summed E-state index contributed by atoms with van der Waals surface area (Å²) in [6.45, 7) is 8.02. The van der Waals surface area contributed by atoms with Crippen molar-refractivity contribution in [1.82, 2.24) is 4.90 Å². The molecule has 0 aliphatic carbocycles. The number of benzene rings is 1. The molecule has 2 heteroatoms. The van der Waals surface area contributed by atoms with Crippen LogP contribution in [0.3, 0.4) is 0 Å². The average Bonchev–Trinajstić information content (AvgIpc) is 2.18. The summed E-state index contributed by atoms with van der Waals surface area (Å²) in [6, 6.07) is 10.2. The second-order valence-corrected chi connectivity index (χ2v) is 2.92. The highest BCUT2D eigenvalue weighted by molar-refractivity contribution is 5.27. The Morgan fingerprint density at radius 1 is 1.38 bits per heavy atom. The lowest BCUT2D eigenvalue weighted by Gasteiger charge is -2.17. The lowest BCUT2D eigenvalue weighted by Crippen LogP contribution is -2.14. The normalized spacial score (nSPS) is 9.31. The number of nitrogens with zero attached hydrogens (tertiary/aromatic N) is 2. The molecule has 0 aliphatic rings. The van der Waals surface area contributed by atoms with E-state index in [2.05, 4.69) is 30.4 Å². The number of rotatable bonds is 4. The standard InChI is InChI=1S/C11H14N2/c1-10(12-2)13(3)9-11-7-5-4-6-8-11/h4-8H,1-2,9H2,3H3. The lowest BCUT2D eigenvalue weighted by atomic mass is 10.2. The number of hydrogen-bond donors (Lipinski definition) is 0. The predicted octanol–water partition coefficient (Wildman–Crippen LogP) is 2.29. The van der Waals surface area contributed by atoms with Gasteiger partial charge in [-0.05, 0) is 12.3 Å². The first-order valence-electron chi connectivity index (χ1n) is 4.14. The van der Waals surface area contributed by atoms with Crippen molar-refractivity contribution >= 4 is 6.72 Å². The molecule has 68 valence electrons. The largest absolute Gasteiger partial charge is 0.356 e. The molecule has 0 radical (unpaired) electrons. The Balaban J connectivity index is 2.60. The van der Waals surface area contributed by atoms with Gasteiger partial charge >= 0.3 is 0 Å². The van der Waals surface area contributed by atoms with Gasteiger partial charge in [0.05, 0.1) is 0 Å². The molecule has 1 rings (SSSR count). The lowest BCUT2D eigenvalue weighted by molar-refractivity contribution is 0.410. The van der Waals surface area contributed by atoms with Gasteiger partial charge in [0.2, 0.25) is 0 Å². The van der Waals surface area contributed by atoms with Crippen LogP contribution in [0.4, 0.5) is 0 Å². The van der Waals surface area contributed by atoms with Crippen molar-refractivity contribution in [2.75, 3.05) is 7.05 Å². The van der Waals surface area contributed by atoms with Crippen LogP contribution in [0.5, 0.6) is 0 Å². The van der Waals surface area contributed by atoms with Crippen molar-refractivity contribution in [3.63, 3.8) is 0 Å². The summed E-state index contributed by atoms with van der Waals surface area (Å²) in [5.41, 5.74) is 1.25. The van der Waals surface area contributed by atoms with Crippen molar-refractivity contribution in [2.45, 2.75) is 6.54 Å². The van der Waals surface area contributed by atoms with Crippen LogP contribution in [0.25, 0.3) is 0 Å². The van der Waals surface area contributed by atoms with E-state index in [9.17, 15) is 0 Å². The van der Waals surface area contributed by atoms with Gasteiger partial charge in [0.25, 0.3) is 0 Å². The van der Waals surface area contributed by atoms with Crippen molar-refractivity contribution in [1.29, 1.82) is 0 Å². The van der Waals surface area contributed by atoms with Gasteiger partial charge in [-0.2, -0.15) is 0 Å². The maximum Gasteiger partial charge on any atom is 0.120 e. The molecule has 0 aliphatic heterocycles. The molecule has 1 aromatic rings. The third-order valence-electron chi connectivity index (χ3n) is 1.89. The summed E-state index contributed by atoms with van der Waals surface area (Å²) in [5, 5.41) is 0. The highest BCUT2D eigenvalue weighted by Crippen LogP contribution is 2.07. The SMILES string of the molecule is C=NC(=C)N(C)Cc1ccccc1. The Kier molecular flexibility index (Phi) is 3.26. The fourth-order valence-corrected chi connectivity index (χ4v) is 1.07. The Morgan fingerprint density at radius 2 is 2.00 bits per heavy atom. The van der Waals surface area contributed by atoms with E-state index in [1.165, 1.54) is 5.56 Å². The molecular formula is C11H14N2. The van der Waals surface area contributed by atoms with Gasteiger partial charge in [-0.3, -0.25) is 0 Å². The van der Waals surface area contributed by atoms with E-state index in [1.807, 2.05) is 30.1 Å². The van der Waals surface area contributed by atoms with Crippen LogP contribution in [-0.4, -0.2) is 18.7 Å². The second-order valence-electron chi connectivity index (χ2n) is 2.92. The van der Waals surface area contributed by atoms with Gasteiger partial charge in [0.1, 0.15) is 5.82 Å². The van der Waals surface area contributed by atoms with Crippen LogP contribution in [0, 0.1) is 0 Å². The first kappa shape index (κ1) is 9.52. The van der Waals surface area contributed by atoms with Crippen LogP contribution in [0.15, 0.2) is 47.7 Å². The van der Waals surface area contributed by atoms with E-state index in [4.69, 9.17) is 0 Å². The van der Waals surface area contributed by atoms with Gasteiger partial charge in [-0.1, -0.05) is 36.9 Å².